The van der Waals surface area contributed by atoms with Crippen LogP contribution in [-0.2, 0) is 17.8 Å². The molecule has 1 aromatic heterocycles. The Hall–Kier alpha value is -2.66. The molecule has 1 N–H and O–H groups in total. The number of aryl methyl sites for hydroxylation is 1. The molecule has 0 bridgehead atoms. The molecule has 0 saturated carbocycles. The Morgan fingerprint density at radius 3 is 2.33 bits per heavy atom. The zero-order chi connectivity index (χ0) is 16.9. The average Bonchev–Trinajstić information content (AvgIpc) is 2.94. The maximum atomic E-state index is 11.0. The van der Waals surface area contributed by atoms with Gasteiger partial charge in [-0.15, -0.1) is 11.3 Å². The second-order valence-corrected chi connectivity index (χ2v) is 6.54. The van der Waals surface area contributed by atoms with Crippen LogP contribution in [0.15, 0.2) is 60.7 Å². The van der Waals surface area contributed by atoms with Crippen LogP contribution >= 0.6 is 11.3 Å². The Morgan fingerprint density at radius 2 is 1.71 bits per heavy atom. The second kappa shape index (κ2) is 7.27. The highest BCUT2D eigenvalue weighted by atomic mass is 32.1. The SMILES string of the molecule is Cc1nc(N(Cc2ccccc2)c2ccccc2)sc1CC(=O)O. The first kappa shape index (κ1) is 16.2. The van der Waals surface area contributed by atoms with Gasteiger partial charge in [0.2, 0.25) is 0 Å². The average molecular weight is 338 g/mol. The minimum Gasteiger partial charge on any atom is -0.481 e. The van der Waals surface area contributed by atoms with E-state index in [9.17, 15) is 4.79 Å². The number of anilines is 2. The van der Waals surface area contributed by atoms with Crippen LogP contribution in [0.5, 0.6) is 0 Å². The van der Waals surface area contributed by atoms with E-state index >= 15 is 0 Å². The minimum atomic E-state index is -0.831. The van der Waals surface area contributed by atoms with E-state index in [2.05, 4.69) is 22.0 Å². The van der Waals surface area contributed by atoms with Crippen molar-refractivity contribution in [3.63, 3.8) is 0 Å². The van der Waals surface area contributed by atoms with Crippen molar-refractivity contribution in [1.82, 2.24) is 4.98 Å². The van der Waals surface area contributed by atoms with Crippen LogP contribution in [0.3, 0.4) is 0 Å². The van der Waals surface area contributed by atoms with E-state index < -0.39 is 5.97 Å². The standard InChI is InChI=1S/C19H18N2O2S/c1-14-17(12-18(22)23)24-19(20-14)21(16-10-6-3-7-11-16)13-15-8-4-2-5-9-15/h2-11H,12-13H2,1H3,(H,22,23). The number of carbonyl (C=O) groups is 1. The largest absolute Gasteiger partial charge is 0.481 e. The number of hydrogen-bond donors (Lipinski definition) is 1. The monoisotopic (exact) mass is 338 g/mol. The third-order valence-electron chi connectivity index (χ3n) is 3.68. The fourth-order valence-corrected chi connectivity index (χ4v) is 3.54. The fourth-order valence-electron chi connectivity index (χ4n) is 2.47. The van der Waals surface area contributed by atoms with Gasteiger partial charge in [-0.1, -0.05) is 48.5 Å². The quantitative estimate of drug-likeness (QED) is 0.723. The molecule has 0 spiro atoms. The highest BCUT2D eigenvalue weighted by Gasteiger charge is 2.17. The summed E-state index contributed by atoms with van der Waals surface area (Å²) in [6, 6.07) is 20.2. The summed E-state index contributed by atoms with van der Waals surface area (Å²) in [5.41, 5.74) is 3.00. The number of aliphatic carboxylic acids is 1. The summed E-state index contributed by atoms with van der Waals surface area (Å²) in [6.07, 6.45) is 0.0114. The zero-order valence-corrected chi connectivity index (χ0v) is 14.2. The van der Waals surface area contributed by atoms with Gasteiger partial charge in [0.25, 0.3) is 0 Å². The normalized spacial score (nSPS) is 10.5. The number of aromatic nitrogens is 1. The van der Waals surface area contributed by atoms with Crippen molar-refractivity contribution in [2.75, 3.05) is 4.90 Å². The third-order valence-corrected chi connectivity index (χ3v) is 4.86. The first-order chi connectivity index (χ1) is 11.6. The summed E-state index contributed by atoms with van der Waals surface area (Å²) in [6.45, 7) is 2.55. The lowest BCUT2D eigenvalue weighted by molar-refractivity contribution is -0.136. The second-order valence-electron chi connectivity index (χ2n) is 5.48. The van der Waals surface area contributed by atoms with Crippen LogP contribution in [0.1, 0.15) is 16.1 Å². The van der Waals surface area contributed by atoms with Crippen LogP contribution in [-0.4, -0.2) is 16.1 Å². The summed E-state index contributed by atoms with van der Waals surface area (Å²) in [4.78, 5) is 18.6. The number of para-hydroxylation sites is 1. The Bertz CT molecular complexity index is 816. The zero-order valence-electron chi connectivity index (χ0n) is 13.3. The van der Waals surface area contributed by atoms with E-state index in [1.165, 1.54) is 16.9 Å². The van der Waals surface area contributed by atoms with Gasteiger partial charge in [-0.2, -0.15) is 0 Å². The number of carboxylic acid groups (broad SMARTS) is 1. The molecular weight excluding hydrogens is 320 g/mol. The number of benzene rings is 2. The van der Waals surface area contributed by atoms with Crippen LogP contribution in [0.4, 0.5) is 10.8 Å². The number of thiazole rings is 1. The molecule has 0 atom stereocenters. The maximum absolute atomic E-state index is 11.0. The van der Waals surface area contributed by atoms with E-state index in [1.54, 1.807) is 0 Å². The smallest absolute Gasteiger partial charge is 0.308 e. The summed E-state index contributed by atoms with van der Waals surface area (Å²) in [5, 5.41) is 9.88. The molecule has 3 rings (SSSR count). The molecule has 3 aromatic rings. The molecule has 5 heteroatoms. The molecule has 0 aliphatic heterocycles. The molecule has 24 heavy (non-hydrogen) atoms. The molecule has 2 aromatic carbocycles. The predicted octanol–water partition coefficient (Wildman–Crippen LogP) is 4.42. The van der Waals surface area contributed by atoms with E-state index in [1.807, 2.05) is 55.5 Å². The molecular formula is C19H18N2O2S. The van der Waals surface area contributed by atoms with Crippen LogP contribution in [0, 0.1) is 6.92 Å². The van der Waals surface area contributed by atoms with E-state index in [4.69, 9.17) is 5.11 Å². The number of carboxylic acids is 1. The Kier molecular flexibility index (Phi) is 4.91. The van der Waals surface area contributed by atoms with Crippen molar-refractivity contribution in [2.45, 2.75) is 19.9 Å². The van der Waals surface area contributed by atoms with Crippen molar-refractivity contribution in [1.29, 1.82) is 0 Å². The first-order valence-electron chi connectivity index (χ1n) is 7.68. The van der Waals surface area contributed by atoms with Gasteiger partial charge in [0.15, 0.2) is 5.13 Å². The number of nitrogens with zero attached hydrogens (tertiary/aromatic N) is 2. The Morgan fingerprint density at radius 1 is 1.08 bits per heavy atom. The third kappa shape index (κ3) is 3.81. The Labute approximate surface area is 145 Å². The van der Waals surface area contributed by atoms with Gasteiger partial charge in [0.05, 0.1) is 18.7 Å². The fraction of sp³-hybridized carbons (Fsp3) is 0.158. The lowest BCUT2D eigenvalue weighted by Crippen LogP contribution is -2.16. The molecule has 0 radical (unpaired) electrons. The minimum absolute atomic E-state index is 0.0114. The maximum Gasteiger partial charge on any atom is 0.308 e. The topological polar surface area (TPSA) is 53.4 Å². The highest BCUT2D eigenvalue weighted by molar-refractivity contribution is 7.15. The molecule has 0 aliphatic rings. The number of rotatable bonds is 6. The Balaban J connectivity index is 1.97. The lowest BCUT2D eigenvalue weighted by atomic mass is 10.2. The van der Waals surface area contributed by atoms with Gasteiger partial charge in [-0.05, 0) is 24.6 Å². The van der Waals surface area contributed by atoms with Crippen molar-refractivity contribution in [2.24, 2.45) is 0 Å². The van der Waals surface area contributed by atoms with E-state index in [-0.39, 0.29) is 6.42 Å². The molecule has 122 valence electrons. The number of hydrogen-bond acceptors (Lipinski definition) is 4. The summed E-state index contributed by atoms with van der Waals surface area (Å²) < 4.78 is 0. The van der Waals surface area contributed by atoms with Gasteiger partial charge >= 0.3 is 5.97 Å². The molecule has 0 unspecified atom stereocenters. The molecule has 0 saturated heterocycles. The molecule has 1 heterocycles. The molecule has 0 fully saturated rings. The van der Waals surface area contributed by atoms with E-state index in [0.29, 0.717) is 6.54 Å². The molecule has 4 nitrogen and oxygen atoms in total. The molecule has 0 aliphatic carbocycles. The van der Waals surface area contributed by atoms with Gasteiger partial charge in [-0.25, -0.2) is 4.98 Å². The first-order valence-corrected chi connectivity index (χ1v) is 8.50. The van der Waals surface area contributed by atoms with Crippen LogP contribution < -0.4 is 4.90 Å². The summed E-state index contributed by atoms with van der Waals surface area (Å²) in [7, 11) is 0. The van der Waals surface area contributed by atoms with Gasteiger partial charge in [-0.3, -0.25) is 4.79 Å². The van der Waals surface area contributed by atoms with Crippen LogP contribution in [0.25, 0.3) is 0 Å². The van der Waals surface area contributed by atoms with Crippen molar-refractivity contribution < 1.29 is 9.90 Å². The van der Waals surface area contributed by atoms with Crippen LogP contribution in [0.2, 0.25) is 0 Å². The van der Waals surface area contributed by atoms with Crippen molar-refractivity contribution in [3.05, 3.63) is 76.8 Å². The van der Waals surface area contributed by atoms with Gasteiger partial charge < -0.3 is 10.0 Å². The van der Waals surface area contributed by atoms with E-state index in [0.717, 1.165) is 21.4 Å². The van der Waals surface area contributed by atoms with Crippen molar-refractivity contribution >= 4 is 28.1 Å². The lowest BCUT2D eigenvalue weighted by Gasteiger charge is -2.22. The van der Waals surface area contributed by atoms with Crippen molar-refractivity contribution in [3.8, 4) is 0 Å². The van der Waals surface area contributed by atoms with Gasteiger partial charge in [0, 0.05) is 10.6 Å². The highest BCUT2D eigenvalue weighted by Crippen LogP contribution is 2.33. The summed E-state index contributed by atoms with van der Waals surface area (Å²) >= 11 is 1.44. The molecule has 0 amide bonds. The summed E-state index contributed by atoms with van der Waals surface area (Å²) in [5.74, 6) is -0.831. The predicted molar refractivity (Wildman–Crippen MR) is 96.9 cm³/mol. The van der Waals surface area contributed by atoms with Gasteiger partial charge in [0.1, 0.15) is 0 Å².